The molecule has 0 aromatic rings. The largest absolute Gasteiger partial charge is 0.479 e. The van der Waals surface area contributed by atoms with Gasteiger partial charge in [0.05, 0.1) is 6.10 Å². The average Bonchev–Trinajstić information content (AvgIpc) is 2.48. The van der Waals surface area contributed by atoms with Crippen molar-refractivity contribution in [2.24, 2.45) is 5.92 Å². The van der Waals surface area contributed by atoms with Crippen molar-refractivity contribution in [3.63, 3.8) is 0 Å². The fourth-order valence-corrected chi connectivity index (χ4v) is 1.69. The molecule has 0 amide bonds. The molecule has 0 radical (unpaired) electrons. The van der Waals surface area contributed by atoms with Gasteiger partial charge in [-0.25, -0.2) is 4.79 Å². The van der Waals surface area contributed by atoms with Gasteiger partial charge in [0.25, 0.3) is 0 Å². The summed E-state index contributed by atoms with van der Waals surface area (Å²) >= 11 is 0. The zero-order valence-electron chi connectivity index (χ0n) is 8.54. The molecule has 1 aliphatic rings. The van der Waals surface area contributed by atoms with Gasteiger partial charge in [0.2, 0.25) is 0 Å². The zero-order valence-corrected chi connectivity index (χ0v) is 8.54. The molecular weight excluding hydrogens is 168 g/mol. The van der Waals surface area contributed by atoms with Crippen LogP contribution >= 0.6 is 0 Å². The Morgan fingerprint density at radius 1 is 1.77 bits per heavy atom. The summed E-state index contributed by atoms with van der Waals surface area (Å²) in [5, 5.41) is 8.92. The first kappa shape index (κ1) is 10.5. The number of hydrogen-bond acceptors (Lipinski definition) is 2. The molecule has 1 heterocycles. The molecule has 1 rings (SSSR count). The number of aliphatic carboxylic acids is 1. The van der Waals surface area contributed by atoms with E-state index >= 15 is 0 Å². The monoisotopic (exact) mass is 186 g/mol. The summed E-state index contributed by atoms with van der Waals surface area (Å²) in [7, 11) is 0. The summed E-state index contributed by atoms with van der Waals surface area (Å²) in [5.74, 6) is -0.375. The van der Waals surface area contributed by atoms with Crippen LogP contribution in [0.25, 0.3) is 0 Å². The SMILES string of the molecule is CCC(C)C1CCC(C)(C(=O)O)O1. The van der Waals surface area contributed by atoms with E-state index in [2.05, 4.69) is 13.8 Å². The molecule has 3 atom stereocenters. The van der Waals surface area contributed by atoms with Crippen molar-refractivity contribution in [3.05, 3.63) is 0 Å². The van der Waals surface area contributed by atoms with Crippen LogP contribution in [0.2, 0.25) is 0 Å². The number of rotatable bonds is 3. The molecule has 0 aromatic carbocycles. The highest BCUT2D eigenvalue weighted by molar-refractivity contribution is 5.77. The van der Waals surface area contributed by atoms with Crippen LogP contribution in [-0.4, -0.2) is 22.8 Å². The minimum atomic E-state index is -0.936. The van der Waals surface area contributed by atoms with Gasteiger partial charge >= 0.3 is 5.97 Å². The maximum absolute atomic E-state index is 10.9. The van der Waals surface area contributed by atoms with Crippen molar-refractivity contribution >= 4 is 5.97 Å². The second-order valence-electron chi connectivity index (χ2n) is 4.12. The molecule has 3 nitrogen and oxygen atoms in total. The normalized spacial score (nSPS) is 36.1. The van der Waals surface area contributed by atoms with E-state index in [0.717, 1.165) is 12.8 Å². The smallest absolute Gasteiger partial charge is 0.335 e. The number of ether oxygens (including phenoxy) is 1. The molecule has 1 aliphatic heterocycles. The molecule has 0 saturated carbocycles. The minimum absolute atomic E-state index is 0.131. The highest BCUT2D eigenvalue weighted by atomic mass is 16.5. The van der Waals surface area contributed by atoms with E-state index in [1.807, 2.05) is 0 Å². The van der Waals surface area contributed by atoms with Crippen LogP contribution < -0.4 is 0 Å². The molecule has 13 heavy (non-hydrogen) atoms. The molecule has 1 saturated heterocycles. The Labute approximate surface area is 79.1 Å². The fraction of sp³-hybridized carbons (Fsp3) is 0.900. The maximum atomic E-state index is 10.9. The van der Waals surface area contributed by atoms with Crippen LogP contribution in [0.3, 0.4) is 0 Å². The van der Waals surface area contributed by atoms with Crippen molar-refractivity contribution in [2.45, 2.75) is 51.7 Å². The number of carbonyl (C=O) groups is 1. The zero-order chi connectivity index (χ0) is 10.1. The second-order valence-corrected chi connectivity index (χ2v) is 4.12. The highest BCUT2D eigenvalue weighted by Gasteiger charge is 2.43. The van der Waals surface area contributed by atoms with Crippen molar-refractivity contribution in [1.82, 2.24) is 0 Å². The third-order valence-electron chi connectivity index (χ3n) is 3.05. The summed E-state index contributed by atoms with van der Waals surface area (Å²) in [5.41, 5.74) is -0.936. The van der Waals surface area contributed by atoms with Crippen LogP contribution in [0.5, 0.6) is 0 Å². The van der Waals surface area contributed by atoms with Crippen molar-refractivity contribution in [2.75, 3.05) is 0 Å². The van der Waals surface area contributed by atoms with Crippen LogP contribution in [0, 0.1) is 5.92 Å². The van der Waals surface area contributed by atoms with Crippen molar-refractivity contribution in [3.8, 4) is 0 Å². The lowest BCUT2D eigenvalue weighted by Gasteiger charge is -2.22. The Balaban J connectivity index is 2.58. The Bertz CT molecular complexity index is 202. The number of carboxylic acid groups (broad SMARTS) is 1. The number of carboxylic acids is 1. The first-order valence-corrected chi connectivity index (χ1v) is 4.91. The Morgan fingerprint density at radius 3 is 2.77 bits per heavy atom. The molecule has 3 heteroatoms. The second kappa shape index (κ2) is 3.66. The van der Waals surface area contributed by atoms with Gasteiger partial charge in [-0.2, -0.15) is 0 Å². The molecule has 1 fully saturated rings. The van der Waals surface area contributed by atoms with Crippen LogP contribution in [-0.2, 0) is 9.53 Å². The Hall–Kier alpha value is -0.570. The lowest BCUT2D eigenvalue weighted by molar-refractivity contribution is -0.163. The molecule has 3 unspecified atom stereocenters. The van der Waals surface area contributed by atoms with Gasteiger partial charge < -0.3 is 9.84 Å². The molecule has 76 valence electrons. The molecule has 0 spiro atoms. The lowest BCUT2D eigenvalue weighted by Crippen LogP contribution is -2.36. The van der Waals surface area contributed by atoms with Gasteiger partial charge in [-0.1, -0.05) is 20.3 Å². The topological polar surface area (TPSA) is 46.5 Å². The Morgan fingerprint density at radius 2 is 2.38 bits per heavy atom. The van der Waals surface area contributed by atoms with Crippen LogP contribution in [0.1, 0.15) is 40.0 Å². The van der Waals surface area contributed by atoms with Gasteiger partial charge in [0.1, 0.15) is 0 Å². The highest BCUT2D eigenvalue weighted by Crippen LogP contribution is 2.34. The number of hydrogen-bond donors (Lipinski definition) is 1. The van der Waals surface area contributed by atoms with E-state index in [4.69, 9.17) is 9.84 Å². The van der Waals surface area contributed by atoms with E-state index in [0.29, 0.717) is 12.3 Å². The molecule has 0 bridgehead atoms. The van der Waals surface area contributed by atoms with Crippen molar-refractivity contribution < 1.29 is 14.6 Å². The average molecular weight is 186 g/mol. The molecule has 0 aliphatic carbocycles. The fourth-order valence-electron chi connectivity index (χ4n) is 1.69. The van der Waals surface area contributed by atoms with E-state index in [1.165, 1.54) is 0 Å². The van der Waals surface area contributed by atoms with E-state index < -0.39 is 11.6 Å². The van der Waals surface area contributed by atoms with Gasteiger partial charge in [-0.15, -0.1) is 0 Å². The van der Waals surface area contributed by atoms with Crippen LogP contribution in [0.15, 0.2) is 0 Å². The van der Waals surface area contributed by atoms with Crippen LogP contribution in [0.4, 0.5) is 0 Å². The quantitative estimate of drug-likeness (QED) is 0.733. The minimum Gasteiger partial charge on any atom is -0.479 e. The molecular formula is C10H18O3. The van der Waals surface area contributed by atoms with Gasteiger partial charge in [-0.3, -0.25) is 0 Å². The van der Waals surface area contributed by atoms with Gasteiger partial charge in [0, 0.05) is 0 Å². The van der Waals surface area contributed by atoms with E-state index in [1.54, 1.807) is 6.92 Å². The standard InChI is InChI=1S/C10H18O3/c1-4-7(2)8-5-6-10(3,13-8)9(11)12/h7-8H,4-6H2,1-3H3,(H,11,12). The Kier molecular flexibility index (Phi) is 2.96. The van der Waals surface area contributed by atoms with Gasteiger partial charge in [-0.05, 0) is 25.7 Å². The summed E-state index contributed by atoms with van der Waals surface area (Å²) < 4.78 is 5.56. The summed E-state index contributed by atoms with van der Waals surface area (Å²) in [6.45, 7) is 5.88. The summed E-state index contributed by atoms with van der Waals surface area (Å²) in [6.07, 6.45) is 2.68. The maximum Gasteiger partial charge on any atom is 0.335 e. The first-order valence-electron chi connectivity index (χ1n) is 4.91. The third kappa shape index (κ3) is 2.02. The first-order chi connectivity index (χ1) is 5.99. The van der Waals surface area contributed by atoms with Crippen molar-refractivity contribution in [1.29, 1.82) is 0 Å². The van der Waals surface area contributed by atoms with E-state index in [-0.39, 0.29) is 6.10 Å². The van der Waals surface area contributed by atoms with E-state index in [9.17, 15) is 4.79 Å². The predicted octanol–water partition coefficient (Wildman–Crippen LogP) is 2.05. The summed E-state index contributed by atoms with van der Waals surface area (Å²) in [4.78, 5) is 10.9. The molecule has 0 aromatic heterocycles. The third-order valence-corrected chi connectivity index (χ3v) is 3.05. The summed E-state index contributed by atoms with van der Waals surface area (Å²) in [6, 6.07) is 0. The van der Waals surface area contributed by atoms with Gasteiger partial charge in [0.15, 0.2) is 5.60 Å². The predicted molar refractivity (Wildman–Crippen MR) is 49.6 cm³/mol. The lowest BCUT2D eigenvalue weighted by atomic mass is 9.97. The molecule has 1 N–H and O–H groups in total.